The van der Waals surface area contributed by atoms with E-state index in [0.29, 0.717) is 0 Å². The molecule has 1 atom stereocenters. The average molecular weight is 290 g/mol. The number of hydrogen-bond acceptors (Lipinski definition) is 3. The van der Waals surface area contributed by atoms with Crippen LogP contribution in [-0.2, 0) is 10.0 Å². The Balaban J connectivity index is 2.26. The van der Waals surface area contributed by atoms with Crippen molar-refractivity contribution in [2.75, 3.05) is 5.73 Å². The van der Waals surface area contributed by atoms with E-state index >= 15 is 0 Å². The number of rotatable bonds is 4. The van der Waals surface area contributed by atoms with Crippen molar-refractivity contribution >= 4 is 15.7 Å². The second kappa shape index (κ2) is 5.05. The fraction of sp³-hybridized carbons (Fsp3) is 0.500. The zero-order chi connectivity index (χ0) is 14.2. The monoisotopic (exact) mass is 290 g/mol. The van der Waals surface area contributed by atoms with E-state index < -0.39 is 32.2 Å². The first kappa shape index (κ1) is 14.2. The molecule has 3 N–H and O–H groups in total. The molecule has 7 heteroatoms. The molecule has 1 unspecified atom stereocenters. The van der Waals surface area contributed by atoms with Crippen molar-refractivity contribution in [2.45, 2.75) is 37.1 Å². The maximum Gasteiger partial charge on any atom is 0.243 e. The molecule has 1 aromatic carbocycles. The Morgan fingerprint density at radius 2 is 2.00 bits per heavy atom. The Labute approximate surface area is 111 Å². The van der Waals surface area contributed by atoms with Gasteiger partial charge in [0.2, 0.25) is 10.0 Å². The van der Waals surface area contributed by atoms with Crippen LogP contribution in [0.5, 0.6) is 0 Å². The molecule has 19 heavy (non-hydrogen) atoms. The van der Waals surface area contributed by atoms with Gasteiger partial charge in [0.25, 0.3) is 0 Å². The van der Waals surface area contributed by atoms with Crippen LogP contribution in [0.3, 0.4) is 0 Å². The molecule has 0 saturated heterocycles. The summed E-state index contributed by atoms with van der Waals surface area (Å²) in [7, 11) is -4.02. The van der Waals surface area contributed by atoms with Crippen LogP contribution in [0.4, 0.5) is 14.5 Å². The first-order chi connectivity index (χ1) is 8.83. The summed E-state index contributed by atoms with van der Waals surface area (Å²) in [4.78, 5) is -0.613. The lowest BCUT2D eigenvalue weighted by atomic mass is 9.81. The fourth-order valence-electron chi connectivity index (χ4n) is 2.10. The Bertz CT molecular complexity index is 586. The van der Waals surface area contributed by atoms with Crippen LogP contribution in [0.2, 0.25) is 0 Å². The highest BCUT2D eigenvalue weighted by molar-refractivity contribution is 7.89. The third-order valence-electron chi connectivity index (χ3n) is 3.58. The third kappa shape index (κ3) is 2.71. The Morgan fingerprint density at radius 3 is 2.53 bits per heavy atom. The summed E-state index contributed by atoms with van der Waals surface area (Å²) >= 11 is 0. The van der Waals surface area contributed by atoms with Crippen molar-refractivity contribution < 1.29 is 17.2 Å². The molecule has 1 aliphatic carbocycles. The quantitative estimate of drug-likeness (QED) is 0.833. The number of halogens is 2. The summed E-state index contributed by atoms with van der Waals surface area (Å²) in [6.45, 7) is 1.74. The molecule has 106 valence electrons. The van der Waals surface area contributed by atoms with E-state index in [4.69, 9.17) is 5.73 Å². The number of nitrogens with two attached hydrogens (primary N) is 1. The molecule has 0 heterocycles. The van der Waals surface area contributed by atoms with Gasteiger partial charge in [0, 0.05) is 6.04 Å². The van der Waals surface area contributed by atoms with Gasteiger partial charge in [-0.25, -0.2) is 21.9 Å². The molecule has 1 fully saturated rings. The highest BCUT2D eigenvalue weighted by Gasteiger charge is 2.30. The van der Waals surface area contributed by atoms with E-state index in [-0.39, 0.29) is 12.0 Å². The van der Waals surface area contributed by atoms with Gasteiger partial charge in [-0.05, 0) is 37.8 Å². The lowest BCUT2D eigenvalue weighted by Gasteiger charge is -2.31. The van der Waals surface area contributed by atoms with Crippen molar-refractivity contribution in [3.8, 4) is 0 Å². The van der Waals surface area contributed by atoms with Crippen LogP contribution in [0, 0.1) is 17.6 Å². The lowest BCUT2D eigenvalue weighted by molar-refractivity contribution is 0.260. The third-order valence-corrected chi connectivity index (χ3v) is 5.16. The van der Waals surface area contributed by atoms with Gasteiger partial charge < -0.3 is 5.73 Å². The van der Waals surface area contributed by atoms with Crippen LogP contribution in [0.1, 0.15) is 26.2 Å². The summed E-state index contributed by atoms with van der Waals surface area (Å²) in [6, 6.07) is 1.46. The summed E-state index contributed by atoms with van der Waals surface area (Å²) in [6.07, 6.45) is 2.99. The summed E-state index contributed by atoms with van der Waals surface area (Å²) < 4.78 is 53.2. The summed E-state index contributed by atoms with van der Waals surface area (Å²) in [5.41, 5.74) is 4.39. The zero-order valence-electron chi connectivity index (χ0n) is 10.5. The van der Waals surface area contributed by atoms with E-state index in [0.717, 1.165) is 31.4 Å². The van der Waals surface area contributed by atoms with E-state index in [9.17, 15) is 17.2 Å². The van der Waals surface area contributed by atoms with Crippen molar-refractivity contribution in [1.82, 2.24) is 4.72 Å². The fourth-order valence-corrected chi connectivity index (χ4v) is 3.50. The molecule has 1 saturated carbocycles. The Hall–Kier alpha value is -1.21. The Morgan fingerprint density at radius 1 is 1.37 bits per heavy atom. The smallest absolute Gasteiger partial charge is 0.243 e. The molecule has 0 amide bonds. The van der Waals surface area contributed by atoms with E-state index in [2.05, 4.69) is 4.72 Å². The molecule has 4 nitrogen and oxygen atoms in total. The van der Waals surface area contributed by atoms with Gasteiger partial charge in [-0.1, -0.05) is 6.42 Å². The van der Waals surface area contributed by atoms with Crippen molar-refractivity contribution in [3.05, 3.63) is 23.8 Å². The van der Waals surface area contributed by atoms with Gasteiger partial charge in [-0.15, -0.1) is 0 Å². The van der Waals surface area contributed by atoms with Crippen LogP contribution >= 0.6 is 0 Å². The largest absolute Gasteiger partial charge is 0.394 e. The van der Waals surface area contributed by atoms with Gasteiger partial charge in [-0.2, -0.15) is 0 Å². The number of nitrogen functional groups attached to an aromatic ring is 1. The van der Waals surface area contributed by atoms with Gasteiger partial charge >= 0.3 is 0 Å². The molecule has 1 aromatic rings. The number of anilines is 1. The highest BCUT2D eigenvalue weighted by atomic mass is 32.2. The molecule has 2 rings (SSSR count). The molecule has 0 aliphatic heterocycles. The number of sulfonamides is 1. The molecule has 0 spiro atoms. The molecule has 0 bridgehead atoms. The molecular formula is C12H16F2N2O2S. The van der Waals surface area contributed by atoms with E-state index in [1.807, 2.05) is 0 Å². The molecular weight excluding hydrogens is 274 g/mol. The lowest BCUT2D eigenvalue weighted by Crippen LogP contribution is -2.40. The second-order valence-electron chi connectivity index (χ2n) is 4.87. The topological polar surface area (TPSA) is 72.2 Å². The van der Waals surface area contributed by atoms with Crippen molar-refractivity contribution in [3.63, 3.8) is 0 Å². The number of hydrogen-bond donors (Lipinski definition) is 2. The van der Waals surface area contributed by atoms with Crippen LogP contribution in [0.25, 0.3) is 0 Å². The molecule has 1 aliphatic rings. The molecule has 0 aromatic heterocycles. The minimum absolute atomic E-state index is 0.274. The van der Waals surface area contributed by atoms with Crippen molar-refractivity contribution in [2.24, 2.45) is 5.92 Å². The first-order valence-electron chi connectivity index (χ1n) is 6.08. The maximum absolute atomic E-state index is 13.7. The number of nitrogens with one attached hydrogen (secondary N) is 1. The predicted molar refractivity (Wildman–Crippen MR) is 67.9 cm³/mol. The zero-order valence-corrected chi connectivity index (χ0v) is 11.3. The maximum atomic E-state index is 13.7. The summed E-state index contributed by atoms with van der Waals surface area (Å²) in [5.74, 6) is -1.94. The predicted octanol–water partition coefficient (Wildman–Crippen LogP) is 2.01. The second-order valence-corrected chi connectivity index (χ2v) is 6.56. The number of benzene rings is 1. The van der Waals surface area contributed by atoms with E-state index in [1.54, 1.807) is 6.92 Å². The van der Waals surface area contributed by atoms with Gasteiger partial charge in [-0.3, -0.25) is 0 Å². The minimum Gasteiger partial charge on any atom is -0.394 e. The van der Waals surface area contributed by atoms with Gasteiger partial charge in [0.1, 0.15) is 16.4 Å². The first-order valence-corrected chi connectivity index (χ1v) is 7.57. The van der Waals surface area contributed by atoms with E-state index in [1.165, 1.54) is 0 Å². The minimum atomic E-state index is -4.02. The molecule has 0 radical (unpaired) electrons. The van der Waals surface area contributed by atoms with Gasteiger partial charge in [0.15, 0.2) is 5.82 Å². The highest BCUT2D eigenvalue weighted by Crippen LogP contribution is 2.30. The van der Waals surface area contributed by atoms with Crippen molar-refractivity contribution in [1.29, 1.82) is 0 Å². The SMILES string of the molecule is CC(NS(=O)(=O)c1ccc(F)c(N)c1F)C1CCC1. The van der Waals surface area contributed by atoms with Crippen LogP contribution in [-0.4, -0.2) is 14.5 Å². The average Bonchev–Trinajstić information content (AvgIpc) is 2.22. The standard InChI is InChI=1S/C12H16F2N2O2S/c1-7(8-3-2-4-8)16-19(17,18)10-6-5-9(13)12(15)11(10)14/h5-8,16H,2-4,15H2,1H3. The van der Waals surface area contributed by atoms with Gasteiger partial charge in [0.05, 0.1) is 0 Å². The van der Waals surface area contributed by atoms with Crippen LogP contribution < -0.4 is 10.5 Å². The normalized spacial score (nSPS) is 18.1. The van der Waals surface area contributed by atoms with Crippen LogP contribution in [0.15, 0.2) is 17.0 Å². The summed E-state index contributed by atoms with van der Waals surface area (Å²) in [5, 5.41) is 0. The Kier molecular flexibility index (Phi) is 3.78.